The molecule has 7 nitrogen and oxygen atoms in total. The van der Waals surface area contributed by atoms with Crippen LogP contribution in [-0.4, -0.2) is 22.0 Å². The van der Waals surface area contributed by atoms with Crippen LogP contribution in [0, 0.1) is 13.8 Å². The van der Waals surface area contributed by atoms with Crippen LogP contribution < -0.4 is 10.6 Å². The molecule has 0 spiro atoms. The van der Waals surface area contributed by atoms with E-state index in [0.29, 0.717) is 22.3 Å². The van der Waals surface area contributed by atoms with Gasteiger partial charge in [0.1, 0.15) is 11.5 Å². The number of hydrogen-bond donors (Lipinski definition) is 2. The van der Waals surface area contributed by atoms with E-state index in [9.17, 15) is 9.59 Å². The van der Waals surface area contributed by atoms with E-state index in [1.807, 2.05) is 6.92 Å². The summed E-state index contributed by atoms with van der Waals surface area (Å²) < 4.78 is 4.90. The lowest BCUT2D eigenvalue weighted by atomic mass is 10.1. The van der Waals surface area contributed by atoms with Crippen LogP contribution in [0.15, 0.2) is 47.1 Å². The molecular weight excluding hydrogens is 356 g/mol. The van der Waals surface area contributed by atoms with Gasteiger partial charge in [0.05, 0.1) is 0 Å². The lowest BCUT2D eigenvalue weighted by molar-refractivity contribution is 0.102. The molecule has 0 aliphatic heterocycles. The van der Waals surface area contributed by atoms with Crippen LogP contribution in [0.1, 0.15) is 32.2 Å². The third kappa shape index (κ3) is 4.07. The Balaban J connectivity index is 1.76. The van der Waals surface area contributed by atoms with Crippen LogP contribution in [0.4, 0.5) is 11.5 Å². The molecule has 8 heteroatoms. The highest BCUT2D eigenvalue weighted by molar-refractivity contribution is 6.31. The number of halogens is 1. The molecule has 2 amide bonds. The summed E-state index contributed by atoms with van der Waals surface area (Å²) in [7, 11) is 0. The highest BCUT2D eigenvalue weighted by Crippen LogP contribution is 2.21. The largest absolute Gasteiger partial charge is 0.360 e. The smallest absolute Gasteiger partial charge is 0.274 e. The molecule has 0 fully saturated rings. The average molecular weight is 371 g/mol. The number of carbonyl (C=O) groups is 2. The Kier molecular flexibility index (Phi) is 4.99. The molecule has 0 atom stereocenters. The molecule has 132 valence electrons. The van der Waals surface area contributed by atoms with Gasteiger partial charge in [0.25, 0.3) is 11.8 Å². The predicted molar refractivity (Wildman–Crippen MR) is 97.6 cm³/mol. The van der Waals surface area contributed by atoms with Crippen molar-refractivity contribution in [3.8, 4) is 0 Å². The van der Waals surface area contributed by atoms with Crippen LogP contribution in [0.2, 0.25) is 5.02 Å². The van der Waals surface area contributed by atoms with Crippen LogP contribution >= 0.6 is 11.6 Å². The van der Waals surface area contributed by atoms with E-state index in [2.05, 4.69) is 20.8 Å². The third-order valence-corrected chi connectivity index (χ3v) is 3.81. The average Bonchev–Trinajstić information content (AvgIpc) is 3.03. The van der Waals surface area contributed by atoms with E-state index in [0.717, 1.165) is 5.56 Å². The number of carbonyl (C=O) groups excluding carboxylic acids is 2. The zero-order chi connectivity index (χ0) is 18.7. The topological polar surface area (TPSA) is 97.1 Å². The molecule has 26 heavy (non-hydrogen) atoms. The summed E-state index contributed by atoms with van der Waals surface area (Å²) in [5.41, 5.74) is 1.82. The Morgan fingerprint density at radius 3 is 2.58 bits per heavy atom. The monoisotopic (exact) mass is 370 g/mol. The van der Waals surface area contributed by atoms with Gasteiger partial charge < -0.3 is 15.2 Å². The second kappa shape index (κ2) is 7.37. The lowest BCUT2D eigenvalue weighted by Gasteiger charge is -2.09. The highest BCUT2D eigenvalue weighted by atomic mass is 35.5. The summed E-state index contributed by atoms with van der Waals surface area (Å²) in [6.07, 6.45) is 1.39. The summed E-state index contributed by atoms with van der Waals surface area (Å²) in [5.74, 6) is 0.00726. The van der Waals surface area contributed by atoms with E-state index in [4.69, 9.17) is 16.1 Å². The van der Waals surface area contributed by atoms with Crippen LogP contribution in [0.3, 0.4) is 0 Å². The predicted octanol–water partition coefficient (Wildman–Crippen LogP) is 3.84. The van der Waals surface area contributed by atoms with E-state index in [1.165, 1.54) is 18.3 Å². The van der Waals surface area contributed by atoms with Crippen LogP contribution in [0.5, 0.6) is 0 Å². The second-order valence-electron chi connectivity index (χ2n) is 5.62. The van der Waals surface area contributed by atoms with Crippen molar-refractivity contribution < 1.29 is 14.1 Å². The SMILES string of the molecule is Cc1cc(NC(=O)c2ccnc(C(=O)Nc3cc(Cl)ccc3C)c2)no1. The van der Waals surface area contributed by atoms with Gasteiger partial charge in [-0.1, -0.05) is 22.8 Å². The Labute approximate surface area is 154 Å². The van der Waals surface area contributed by atoms with E-state index in [-0.39, 0.29) is 11.3 Å². The summed E-state index contributed by atoms with van der Waals surface area (Å²) in [6.45, 7) is 3.57. The molecule has 0 radical (unpaired) electrons. The van der Waals surface area contributed by atoms with Crippen molar-refractivity contribution in [1.29, 1.82) is 0 Å². The second-order valence-corrected chi connectivity index (χ2v) is 6.06. The zero-order valence-electron chi connectivity index (χ0n) is 14.0. The van der Waals surface area contributed by atoms with E-state index < -0.39 is 11.8 Å². The number of anilines is 2. The molecule has 0 unspecified atom stereocenters. The molecule has 0 saturated heterocycles. The van der Waals surface area contributed by atoms with Crippen molar-refractivity contribution in [1.82, 2.24) is 10.1 Å². The molecule has 0 aliphatic rings. The number of rotatable bonds is 4. The maximum absolute atomic E-state index is 12.4. The Morgan fingerprint density at radius 1 is 1.04 bits per heavy atom. The van der Waals surface area contributed by atoms with Gasteiger partial charge in [-0.15, -0.1) is 0 Å². The summed E-state index contributed by atoms with van der Waals surface area (Å²) in [4.78, 5) is 28.7. The number of pyridine rings is 1. The van der Waals surface area contributed by atoms with Gasteiger partial charge in [0, 0.05) is 28.5 Å². The summed E-state index contributed by atoms with van der Waals surface area (Å²) in [5, 5.41) is 9.54. The first-order chi connectivity index (χ1) is 12.4. The standard InChI is InChI=1S/C18H15ClN4O3/c1-10-3-4-13(19)9-14(10)21-18(25)15-8-12(5-6-20-15)17(24)22-16-7-11(2)26-23-16/h3-9H,1-2H3,(H,21,25)(H,22,23,24). The molecular formula is C18H15ClN4O3. The Morgan fingerprint density at radius 2 is 1.85 bits per heavy atom. The molecule has 2 N–H and O–H groups in total. The fourth-order valence-corrected chi connectivity index (χ4v) is 2.40. The van der Waals surface area contributed by atoms with Gasteiger partial charge in [-0.05, 0) is 43.7 Å². The van der Waals surface area contributed by atoms with Gasteiger partial charge in [-0.3, -0.25) is 14.6 Å². The molecule has 1 aromatic carbocycles. The summed E-state index contributed by atoms with van der Waals surface area (Å²) in [6, 6.07) is 9.69. The fraction of sp³-hybridized carbons (Fsp3) is 0.111. The molecule has 0 saturated carbocycles. The maximum Gasteiger partial charge on any atom is 0.274 e. The number of aryl methyl sites for hydroxylation is 2. The first-order valence-corrected chi connectivity index (χ1v) is 8.08. The number of amides is 2. The number of hydrogen-bond acceptors (Lipinski definition) is 5. The van der Waals surface area contributed by atoms with Gasteiger partial charge >= 0.3 is 0 Å². The molecule has 0 bridgehead atoms. The molecule has 0 aliphatic carbocycles. The van der Waals surface area contributed by atoms with Crippen LogP contribution in [-0.2, 0) is 0 Å². The number of nitrogens with one attached hydrogen (secondary N) is 2. The minimum Gasteiger partial charge on any atom is -0.360 e. The minimum absolute atomic E-state index is 0.105. The molecule has 3 rings (SSSR count). The zero-order valence-corrected chi connectivity index (χ0v) is 14.8. The third-order valence-electron chi connectivity index (χ3n) is 3.57. The Hall–Kier alpha value is -3.19. The quantitative estimate of drug-likeness (QED) is 0.727. The van der Waals surface area contributed by atoms with Crippen LogP contribution in [0.25, 0.3) is 0 Å². The minimum atomic E-state index is -0.442. The summed E-state index contributed by atoms with van der Waals surface area (Å²) >= 11 is 5.96. The van der Waals surface area contributed by atoms with Crippen molar-refractivity contribution in [2.75, 3.05) is 10.6 Å². The number of benzene rings is 1. The number of aromatic nitrogens is 2. The van der Waals surface area contributed by atoms with Gasteiger partial charge in [-0.25, -0.2) is 0 Å². The van der Waals surface area contributed by atoms with Crippen molar-refractivity contribution in [2.45, 2.75) is 13.8 Å². The van der Waals surface area contributed by atoms with Crippen molar-refractivity contribution >= 4 is 34.9 Å². The number of nitrogens with zero attached hydrogens (tertiary/aromatic N) is 2. The van der Waals surface area contributed by atoms with Gasteiger partial charge in [0.15, 0.2) is 5.82 Å². The van der Waals surface area contributed by atoms with Crippen molar-refractivity contribution in [3.63, 3.8) is 0 Å². The Bertz CT molecular complexity index is 984. The normalized spacial score (nSPS) is 10.4. The molecule has 2 aromatic heterocycles. The first-order valence-electron chi connectivity index (χ1n) is 7.70. The van der Waals surface area contributed by atoms with Crippen molar-refractivity contribution in [3.05, 3.63) is 70.2 Å². The van der Waals surface area contributed by atoms with Crippen molar-refractivity contribution in [2.24, 2.45) is 0 Å². The van der Waals surface area contributed by atoms with Gasteiger partial charge in [-0.2, -0.15) is 0 Å². The highest BCUT2D eigenvalue weighted by Gasteiger charge is 2.14. The first kappa shape index (κ1) is 17.6. The molecule has 3 aromatic rings. The van der Waals surface area contributed by atoms with E-state index in [1.54, 1.807) is 31.2 Å². The van der Waals surface area contributed by atoms with E-state index >= 15 is 0 Å². The molecule has 2 heterocycles. The maximum atomic E-state index is 12.4. The lowest BCUT2D eigenvalue weighted by Crippen LogP contribution is -2.17. The fourth-order valence-electron chi connectivity index (χ4n) is 2.22. The van der Waals surface area contributed by atoms with Gasteiger partial charge in [0.2, 0.25) is 0 Å².